The van der Waals surface area contributed by atoms with E-state index in [2.05, 4.69) is 32.2 Å². The summed E-state index contributed by atoms with van der Waals surface area (Å²) in [5.41, 5.74) is 4.38. The Balaban J connectivity index is 1.86. The molecule has 0 aliphatic carbocycles. The van der Waals surface area contributed by atoms with Crippen molar-refractivity contribution in [2.24, 2.45) is 0 Å². The van der Waals surface area contributed by atoms with Crippen LogP contribution < -0.4 is 9.47 Å². The lowest BCUT2D eigenvalue weighted by atomic mass is 10.2. The van der Waals surface area contributed by atoms with Gasteiger partial charge >= 0.3 is 0 Å². The Morgan fingerprint density at radius 1 is 0.833 bits per heavy atom. The highest BCUT2D eigenvalue weighted by Crippen LogP contribution is 2.27. The van der Waals surface area contributed by atoms with Gasteiger partial charge in [-0.15, -0.1) is 11.5 Å². The van der Waals surface area contributed by atoms with Crippen LogP contribution in [0, 0.1) is 18.4 Å². The molecule has 0 radical (unpaired) electrons. The summed E-state index contributed by atoms with van der Waals surface area (Å²) in [6.45, 7) is 7.83. The van der Waals surface area contributed by atoms with Gasteiger partial charge in [0.05, 0.1) is 17.6 Å². The lowest BCUT2D eigenvalue weighted by Crippen LogP contribution is -2.29. The summed E-state index contributed by atoms with van der Waals surface area (Å²) in [4.78, 5) is 0.0235. The lowest BCUT2D eigenvalue weighted by molar-refractivity contribution is 0.0619. The standard InChI is InChI=1S/C27H38O7SSi/c1-5-36(6-2,7-3)18-10-11-23(28)19-32-26-12-8-9-13-27(26)33-20-24(29)21-34-35(30,31)25-16-14-22(4)15-17-25/h8-9,12-17,23-24,28-29H,5-7,11,19-21H2,1-4H3/t23-,24-/m0/s1. The van der Waals surface area contributed by atoms with Crippen LogP contribution in [0.2, 0.25) is 18.1 Å². The maximum atomic E-state index is 12.3. The van der Waals surface area contributed by atoms with E-state index in [1.807, 2.05) is 6.92 Å². The van der Waals surface area contributed by atoms with Crippen molar-refractivity contribution in [1.29, 1.82) is 0 Å². The summed E-state index contributed by atoms with van der Waals surface area (Å²) in [5.74, 6) is 3.94. The number of rotatable bonds is 14. The SMILES string of the molecule is CC[Si](C#CC[C@H](O)COc1ccccc1OC[C@H](O)COS(=O)(=O)c1ccc(C)cc1)(CC)CC. The molecule has 0 amide bonds. The Hall–Kier alpha value is -2.35. The minimum absolute atomic E-state index is 0.0235. The largest absolute Gasteiger partial charge is 0.487 e. The van der Waals surface area contributed by atoms with E-state index < -0.39 is 37.0 Å². The van der Waals surface area contributed by atoms with E-state index >= 15 is 0 Å². The van der Waals surface area contributed by atoms with Crippen molar-refractivity contribution in [3.8, 4) is 23.0 Å². The average Bonchev–Trinajstić information content (AvgIpc) is 2.88. The second-order valence-electron chi connectivity index (χ2n) is 8.77. The normalized spacial score (nSPS) is 13.4. The van der Waals surface area contributed by atoms with Crippen LogP contribution in [0.3, 0.4) is 0 Å². The summed E-state index contributed by atoms with van der Waals surface area (Å²) in [6, 6.07) is 16.5. The molecule has 198 valence electrons. The van der Waals surface area contributed by atoms with E-state index in [0.29, 0.717) is 17.9 Å². The third-order valence-corrected chi connectivity index (χ3v) is 12.2. The van der Waals surface area contributed by atoms with Crippen LogP contribution in [0.5, 0.6) is 11.5 Å². The highest BCUT2D eigenvalue weighted by atomic mass is 32.2. The monoisotopic (exact) mass is 534 g/mol. The summed E-state index contributed by atoms with van der Waals surface area (Å²) >= 11 is 0. The lowest BCUT2D eigenvalue weighted by Gasteiger charge is -2.20. The van der Waals surface area contributed by atoms with Crippen LogP contribution in [0.1, 0.15) is 32.8 Å². The van der Waals surface area contributed by atoms with Gasteiger partial charge in [0.15, 0.2) is 11.5 Å². The first-order valence-corrected chi connectivity index (χ1v) is 16.3. The van der Waals surface area contributed by atoms with Crippen LogP contribution in [-0.2, 0) is 14.3 Å². The summed E-state index contributed by atoms with van der Waals surface area (Å²) in [5, 5.41) is 20.5. The minimum atomic E-state index is -3.98. The first-order chi connectivity index (χ1) is 17.1. The van der Waals surface area contributed by atoms with Crippen molar-refractivity contribution < 1.29 is 32.3 Å². The Kier molecular flexibility index (Phi) is 12.0. The fraction of sp³-hybridized carbons (Fsp3) is 0.481. The average molecular weight is 535 g/mol. The summed E-state index contributed by atoms with van der Waals surface area (Å²) < 4.78 is 40.9. The van der Waals surface area contributed by atoms with Crippen LogP contribution in [-0.4, -0.2) is 58.7 Å². The number of benzene rings is 2. The molecule has 0 aromatic heterocycles. The van der Waals surface area contributed by atoms with Crippen molar-refractivity contribution in [3.63, 3.8) is 0 Å². The molecule has 7 nitrogen and oxygen atoms in total. The van der Waals surface area contributed by atoms with Gasteiger partial charge in [-0.1, -0.05) is 50.6 Å². The summed E-state index contributed by atoms with van der Waals surface area (Å²) in [7, 11) is -5.53. The zero-order chi connectivity index (χ0) is 26.6. The predicted octanol–water partition coefficient (Wildman–Crippen LogP) is 4.32. The number of hydrogen-bond acceptors (Lipinski definition) is 7. The molecule has 0 aliphatic heterocycles. The van der Waals surface area contributed by atoms with Gasteiger partial charge in [-0.2, -0.15) is 8.42 Å². The molecule has 2 aromatic carbocycles. The first kappa shape index (κ1) is 29.9. The molecule has 36 heavy (non-hydrogen) atoms. The van der Waals surface area contributed by atoms with Gasteiger partial charge in [0.25, 0.3) is 10.1 Å². The predicted molar refractivity (Wildman–Crippen MR) is 143 cm³/mol. The topological polar surface area (TPSA) is 102 Å². The fourth-order valence-corrected chi connectivity index (χ4v) is 6.93. The number of hydrogen-bond donors (Lipinski definition) is 2. The Labute approximate surface area is 216 Å². The molecule has 0 saturated heterocycles. The molecule has 0 unspecified atom stereocenters. The zero-order valence-corrected chi connectivity index (χ0v) is 23.4. The second-order valence-corrected chi connectivity index (χ2v) is 15.3. The first-order valence-electron chi connectivity index (χ1n) is 12.3. The molecule has 9 heteroatoms. The van der Waals surface area contributed by atoms with E-state index in [-0.39, 0.29) is 18.1 Å². The summed E-state index contributed by atoms with van der Waals surface area (Å²) in [6.07, 6.45) is -1.59. The van der Waals surface area contributed by atoms with Crippen molar-refractivity contribution in [1.82, 2.24) is 0 Å². The quantitative estimate of drug-likeness (QED) is 0.211. The molecule has 0 fully saturated rings. The van der Waals surface area contributed by atoms with Crippen molar-refractivity contribution in [2.75, 3.05) is 19.8 Å². The number of aliphatic hydroxyl groups excluding tert-OH is 2. The Morgan fingerprint density at radius 2 is 1.36 bits per heavy atom. The van der Waals surface area contributed by atoms with Gasteiger partial charge in [0, 0.05) is 6.42 Å². The fourth-order valence-electron chi connectivity index (χ4n) is 3.48. The molecule has 0 aliphatic rings. The van der Waals surface area contributed by atoms with Crippen molar-refractivity contribution in [2.45, 2.75) is 69.4 Å². The molecule has 2 N–H and O–H groups in total. The van der Waals surface area contributed by atoms with E-state index in [1.165, 1.54) is 12.1 Å². The number of para-hydroxylation sites is 2. The molecule has 0 heterocycles. The molecular formula is C27H38O7SSi. The van der Waals surface area contributed by atoms with E-state index in [9.17, 15) is 18.6 Å². The van der Waals surface area contributed by atoms with E-state index in [1.54, 1.807) is 36.4 Å². The van der Waals surface area contributed by atoms with Crippen LogP contribution in [0.15, 0.2) is 53.4 Å². The van der Waals surface area contributed by atoms with Gasteiger partial charge in [-0.05, 0) is 49.3 Å². The highest BCUT2D eigenvalue weighted by molar-refractivity contribution is 7.86. The molecular weight excluding hydrogens is 496 g/mol. The van der Waals surface area contributed by atoms with Gasteiger partial charge in [-0.3, -0.25) is 4.18 Å². The molecule has 0 bridgehead atoms. The molecule has 0 saturated carbocycles. The van der Waals surface area contributed by atoms with Crippen molar-refractivity contribution in [3.05, 3.63) is 54.1 Å². The second kappa shape index (κ2) is 14.4. The molecule has 0 spiro atoms. The van der Waals surface area contributed by atoms with Crippen LogP contribution in [0.25, 0.3) is 0 Å². The van der Waals surface area contributed by atoms with Crippen molar-refractivity contribution >= 4 is 18.2 Å². The molecule has 2 atom stereocenters. The zero-order valence-electron chi connectivity index (χ0n) is 21.6. The third-order valence-electron chi connectivity index (χ3n) is 6.16. The maximum absolute atomic E-state index is 12.3. The smallest absolute Gasteiger partial charge is 0.297 e. The van der Waals surface area contributed by atoms with E-state index in [4.69, 9.17) is 13.7 Å². The minimum Gasteiger partial charge on any atom is -0.487 e. The van der Waals surface area contributed by atoms with Gasteiger partial charge in [0.2, 0.25) is 0 Å². The maximum Gasteiger partial charge on any atom is 0.297 e. The third kappa shape index (κ3) is 9.26. The van der Waals surface area contributed by atoms with Gasteiger partial charge in [-0.25, -0.2) is 0 Å². The number of aliphatic hydroxyl groups is 2. The van der Waals surface area contributed by atoms with Crippen LogP contribution in [0.4, 0.5) is 0 Å². The Bertz CT molecular complexity index is 1090. The molecule has 2 rings (SSSR count). The van der Waals surface area contributed by atoms with E-state index in [0.717, 1.165) is 23.7 Å². The Morgan fingerprint density at radius 3 is 1.89 bits per heavy atom. The van der Waals surface area contributed by atoms with Crippen LogP contribution >= 0.6 is 0 Å². The number of ether oxygens (including phenoxy) is 2. The molecule has 2 aromatic rings. The number of aryl methyl sites for hydroxylation is 1. The van der Waals surface area contributed by atoms with Gasteiger partial charge < -0.3 is 19.7 Å². The van der Waals surface area contributed by atoms with Gasteiger partial charge in [0.1, 0.15) is 27.4 Å². The highest BCUT2D eigenvalue weighted by Gasteiger charge is 2.24.